The van der Waals surface area contributed by atoms with E-state index < -0.39 is 12.0 Å². The van der Waals surface area contributed by atoms with E-state index in [-0.39, 0.29) is 11.7 Å². The number of carbonyl (C=O) groups excluding carboxylic acids is 1. The summed E-state index contributed by atoms with van der Waals surface area (Å²) in [6.07, 6.45) is 3.72. The lowest BCUT2D eigenvalue weighted by Crippen LogP contribution is -2.40. The van der Waals surface area contributed by atoms with Gasteiger partial charge in [0.05, 0.1) is 34.6 Å². The maximum Gasteiger partial charge on any atom is 0.338 e. The van der Waals surface area contributed by atoms with E-state index >= 15 is 0 Å². The number of ether oxygens (including phenoxy) is 2. The van der Waals surface area contributed by atoms with Crippen LogP contribution in [0.15, 0.2) is 106 Å². The molecule has 0 radical (unpaired) electrons. The molecular weight excluding hydrogens is 558 g/mol. The van der Waals surface area contributed by atoms with Gasteiger partial charge in [0.2, 0.25) is 0 Å². The Morgan fingerprint density at radius 1 is 1.02 bits per heavy atom. The highest BCUT2D eigenvalue weighted by atomic mass is 32.1. The van der Waals surface area contributed by atoms with Gasteiger partial charge < -0.3 is 14.0 Å². The molecule has 3 aromatic carbocycles. The average Bonchev–Trinajstić information content (AvgIpc) is 3.49. The summed E-state index contributed by atoms with van der Waals surface area (Å²) < 4.78 is 15.6. The molecular formula is C35H33N3O4S. The van der Waals surface area contributed by atoms with E-state index in [9.17, 15) is 9.59 Å². The number of carbonyl (C=O) groups is 1. The van der Waals surface area contributed by atoms with Crippen molar-refractivity contribution in [2.75, 3.05) is 6.61 Å². The van der Waals surface area contributed by atoms with Crippen LogP contribution in [0.1, 0.15) is 50.4 Å². The summed E-state index contributed by atoms with van der Waals surface area (Å²) in [6, 6.07) is 25.3. The molecule has 7 nitrogen and oxygen atoms in total. The van der Waals surface area contributed by atoms with Gasteiger partial charge in [0.1, 0.15) is 5.75 Å². The number of allylic oxidation sites excluding steroid dienone is 1. The Hall–Kier alpha value is -4.69. The molecule has 0 bridgehead atoms. The fourth-order valence-corrected chi connectivity index (χ4v) is 6.57. The SMILES string of the molecule is CCOc1ccc([C@H]2C(C(=O)OC(C)C)=C(C)N=c3s/c(=C/c4cn(Cc5ccccc5)c5ccccc45)c(=O)n32)cc1. The maximum absolute atomic E-state index is 14.2. The number of para-hydroxylation sites is 1. The van der Waals surface area contributed by atoms with Crippen molar-refractivity contribution < 1.29 is 14.3 Å². The minimum absolute atomic E-state index is 0.204. The summed E-state index contributed by atoms with van der Waals surface area (Å²) in [4.78, 5) is 32.9. The summed E-state index contributed by atoms with van der Waals surface area (Å²) in [5.41, 5.74) is 4.70. The van der Waals surface area contributed by atoms with E-state index in [2.05, 4.69) is 35.0 Å². The highest BCUT2D eigenvalue weighted by molar-refractivity contribution is 7.07. The third-order valence-corrected chi connectivity index (χ3v) is 8.38. The summed E-state index contributed by atoms with van der Waals surface area (Å²) in [5.74, 6) is 0.242. The Balaban J connectivity index is 1.50. The van der Waals surface area contributed by atoms with E-state index in [0.717, 1.165) is 27.8 Å². The number of nitrogens with zero attached hydrogens (tertiary/aromatic N) is 3. The molecule has 1 aliphatic rings. The molecule has 0 N–H and O–H groups in total. The van der Waals surface area contributed by atoms with E-state index in [1.807, 2.05) is 81.4 Å². The van der Waals surface area contributed by atoms with Crippen molar-refractivity contribution in [3.63, 3.8) is 0 Å². The summed E-state index contributed by atoms with van der Waals surface area (Å²) in [6.45, 7) is 8.60. The Kier molecular flexibility index (Phi) is 7.86. The van der Waals surface area contributed by atoms with Crippen LogP contribution in [0.4, 0.5) is 0 Å². The number of fused-ring (bicyclic) bond motifs is 2. The smallest absolute Gasteiger partial charge is 0.338 e. The average molecular weight is 592 g/mol. The van der Waals surface area contributed by atoms with E-state index in [1.165, 1.54) is 16.9 Å². The summed E-state index contributed by atoms with van der Waals surface area (Å²) >= 11 is 1.33. The molecule has 0 aliphatic carbocycles. The number of aromatic nitrogens is 2. The third kappa shape index (κ3) is 5.58. The molecule has 0 spiro atoms. The standard InChI is InChI=1S/C35H33N3O4S/c1-5-41-27-17-15-25(16-18-27)32-31(34(40)42-22(2)3)23(4)36-35-38(32)33(39)30(43-35)19-26-21-37(20-24-11-7-6-8-12-24)29-14-10-9-13-28(26)29/h6-19,21-22,32H,5,20H2,1-4H3/b30-19+/t32-/m0/s1. The first-order valence-electron chi connectivity index (χ1n) is 14.4. The number of hydrogen-bond acceptors (Lipinski definition) is 6. The van der Waals surface area contributed by atoms with Gasteiger partial charge in [0, 0.05) is 29.2 Å². The fourth-order valence-electron chi connectivity index (χ4n) is 5.53. The highest BCUT2D eigenvalue weighted by Gasteiger charge is 2.33. The normalized spacial score (nSPS) is 15.1. The molecule has 0 saturated carbocycles. The van der Waals surface area contributed by atoms with Gasteiger partial charge >= 0.3 is 5.97 Å². The second-order valence-electron chi connectivity index (χ2n) is 10.8. The van der Waals surface area contributed by atoms with Crippen LogP contribution in [0.5, 0.6) is 5.75 Å². The first-order chi connectivity index (χ1) is 20.8. The fraction of sp³-hybridized carbons (Fsp3) is 0.229. The summed E-state index contributed by atoms with van der Waals surface area (Å²) in [7, 11) is 0. The molecule has 218 valence electrons. The first kappa shape index (κ1) is 28.4. The first-order valence-corrected chi connectivity index (χ1v) is 15.2. The van der Waals surface area contributed by atoms with Gasteiger partial charge in [0.15, 0.2) is 4.80 Å². The molecule has 2 aromatic heterocycles. The Morgan fingerprint density at radius 2 is 1.74 bits per heavy atom. The number of benzene rings is 3. The zero-order valence-corrected chi connectivity index (χ0v) is 25.4. The van der Waals surface area contributed by atoms with Crippen LogP contribution >= 0.6 is 11.3 Å². The lowest BCUT2D eigenvalue weighted by Gasteiger charge is -2.25. The molecule has 1 atom stereocenters. The van der Waals surface area contributed by atoms with Gasteiger partial charge in [-0.2, -0.15) is 0 Å². The van der Waals surface area contributed by atoms with Crippen LogP contribution < -0.4 is 19.6 Å². The van der Waals surface area contributed by atoms with Crippen molar-refractivity contribution in [1.82, 2.24) is 9.13 Å². The van der Waals surface area contributed by atoms with Crippen LogP contribution in [0.25, 0.3) is 17.0 Å². The molecule has 0 fully saturated rings. The van der Waals surface area contributed by atoms with Crippen molar-refractivity contribution >= 4 is 34.3 Å². The molecule has 43 heavy (non-hydrogen) atoms. The topological polar surface area (TPSA) is 74.8 Å². The zero-order valence-electron chi connectivity index (χ0n) is 24.6. The maximum atomic E-state index is 14.2. The molecule has 3 heterocycles. The van der Waals surface area contributed by atoms with E-state index in [4.69, 9.17) is 14.5 Å². The van der Waals surface area contributed by atoms with E-state index in [1.54, 1.807) is 11.5 Å². The van der Waals surface area contributed by atoms with Crippen LogP contribution in [0.3, 0.4) is 0 Å². The molecule has 1 aliphatic heterocycles. The molecule has 8 heteroatoms. The van der Waals surface area contributed by atoms with Crippen molar-refractivity contribution in [2.24, 2.45) is 4.99 Å². The molecule has 0 amide bonds. The largest absolute Gasteiger partial charge is 0.494 e. The summed E-state index contributed by atoms with van der Waals surface area (Å²) in [5, 5.41) is 1.06. The second-order valence-corrected chi connectivity index (χ2v) is 11.8. The third-order valence-electron chi connectivity index (χ3n) is 7.39. The second kappa shape index (κ2) is 11.9. The van der Waals surface area contributed by atoms with Gasteiger partial charge in [-0.1, -0.05) is 72.0 Å². The molecule has 6 rings (SSSR count). The van der Waals surface area contributed by atoms with Gasteiger partial charge in [0.25, 0.3) is 5.56 Å². The monoisotopic (exact) mass is 591 g/mol. The van der Waals surface area contributed by atoms with Crippen molar-refractivity contribution in [3.05, 3.63) is 133 Å². The Morgan fingerprint density at radius 3 is 2.47 bits per heavy atom. The minimum Gasteiger partial charge on any atom is -0.494 e. The highest BCUT2D eigenvalue weighted by Crippen LogP contribution is 2.32. The van der Waals surface area contributed by atoms with Crippen molar-refractivity contribution in [3.8, 4) is 5.75 Å². The van der Waals surface area contributed by atoms with Crippen LogP contribution in [-0.4, -0.2) is 27.8 Å². The molecule has 5 aromatic rings. The lowest BCUT2D eigenvalue weighted by atomic mass is 9.96. The number of esters is 1. The van der Waals surface area contributed by atoms with Gasteiger partial charge in [-0.05, 0) is 63.1 Å². The predicted octanol–water partition coefficient (Wildman–Crippen LogP) is 5.59. The van der Waals surface area contributed by atoms with Crippen LogP contribution in [-0.2, 0) is 16.1 Å². The van der Waals surface area contributed by atoms with Crippen molar-refractivity contribution in [2.45, 2.75) is 46.4 Å². The Labute approximate surface area is 253 Å². The lowest BCUT2D eigenvalue weighted by molar-refractivity contribution is -0.143. The van der Waals surface area contributed by atoms with Crippen molar-refractivity contribution in [1.29, 1.82) is 0 Å². The van der Waals surface area contributed by atoms with Gasteiger partial charge in [-0.15, -0.1) is 0 Å². The molecule has 0 unspecified atom stereocenters. The van der Waals surface area contributed by atoms with Crippen LogP contribution in [0, 0.1) is 0 Å². The number of rotatable bonds is 8. The Bertz CT molecular complexity index is 2020. The molecule has 0 saturated heterocycles. The van der Waals surface area contributed by atoms with Gasteiger partial charge in [-0.3, -0.25) is 9.36 Å². The number of thiazole rings is 1. The number of hydrogen-bond donors (Lipinski definition) is 0. The quantitative estimate of drug-likeness (QED) is 0.221. The minimum atomic E-state index is -0.681. The van der Waals surface area contributed by atoms with Gasteiger partial charge in [-0.25, -0.2) is 9.79 Å². The van der Waals surface area contributed by atoms with E-state index in [0.29, 0.717) is 33.8 Å². The predicted molar refractivity (Wildman–Crippen MR) is 170 cm³/mol. The van der Waals surface area contributed by atoms with Crippen LogP contribution in [0.2, 0.25) is 0 Å². The zero-order chi connectivity index (χ0) is 30.1.